The second kappa shape index (κ2) is 7.38. The zero-order valence-electron chi connectivity index (χ0n) is 14.8. The van der Waals surface area contributed by atoms with Crippen LogP contribution in [-0.2, 0) is 6.61 Å². The Kier molecular flexibility index (Phi) is 4.62. The quantitative estimate of drug-likeness (QED) is 0.469. The Bertz CT molecular complexity index is 1130. The molecule has 0 aliphatic rings. The fourth-order valence-electron chi connectivity index (χ4n) is 2.98. The van der Waals surface area contributed by atoms with Gasteiger partial charge >= 0.3 is 5.63 Å². The standard InChI is InChI=1S/C23H18O4/c1-25-21-10-6-5-9-18(21)15-26-19-12-11-17-13-20(16-7-3-2-4-8-16)23(24)27-22(17)14-19/h2-14H,15H2,1H3. The summed E-state index contributed by atoms with van der Waals surface area (Å²) in [5.41, 5.74) is 2.46. The Labute approximate surface area is 156 Å². The molecule has 4 nitrogen and oxygen atoms in total. The highest BCUT2D eigenvalue weighted by Crippen LogP contribution is 2.26. The average Bonchev–Trinajstić information content (AvgIpc) is 2.72. The van der Waals surface area contributed by atoms with E-state index in [1.165, 1.54) is 0 Å². The summed E-state index contributed by atoms with van der Waals surface area (Å²) in [7, 11) is 1.63. The number of ether oxygens (including phenoxy) is 2. The van der Waals surface area contributed by atoms with Crippen LogP contribution in [0.15, 0.2) is 88.1 Å². The molecule has 0 radical (unpaired) electrons. The lowest BCUT2D eigenvalue weighted by molar-refractivity contribution is 0.296. The maximum atomic E-state index is 12.4. The third-order valence-electron chi connectivity index (χ3n) is 4.38. The highest BCUT2D eigenvalue weighted by Gasteiger charge is 2.09. The molecule has 0 fully saturated rings. The summed E-state index contributed by atoms with van der Waals surface area (Å²) in [6.07, 6.45) is 0. The Hall–Kier alpha value is -3.53. The topological polar surface area (TPSA) is 48.7 Å². The van der Waals surface area contributed by atoms with E-state index in [-0.39, 0.29) is 5.63 Å². The van der Waals surface area contributed by atoms with Crippen molar-refractivity contribution in [1.29, 1.82) is 0 Å². The highest BCUT2D eigenvalue weighted by atomic mass is 16.5. The first-order chi connectivity index (χ1) is 13.2. The van der Waals surface area contributed by atoms with Gasteiger partial charge in [-0.2, -0.15) is 0 Å². The lowest BCUT2D eigenvalue weighted by atomic mass is 10.1. The van der Waals surface area contributed by atoms with Crippen molar-refractivity contribution in [2.24, 2.45) is 0 Å². The van der Waals surface area contributed by atoms with Crippen molar-refractivity contribution >= 4 is 11.0 Å². The zero-order valence-corrected chi connectivity index (χ0v) is 14.8. The molecule has 27 heavy (non-hydrogen) atoms. The fourth-order valence-corrected chi connectivity index (χ4v) is 2.98. The van der Waals surface area contributed by atoms with Gasteiger partial charge in [-0.05, 0) is 29.8 Å². The van der Waals surface area contributed by atoms with Crippen molar-refractivity contribution in [2.45, 2.75) is 6.61 Å². The van der Waals surface area contributed by atoms with E-state index >= 15 is 0 Å². The van der Waals surface area contributed by atoms with E-state index < -0.39 is 0 Å². The first kappa shape index (κ1) is 16.9. The summed E-state index contributed by atoms with van der Waals surface area (Å²) in [6.45, 7) is 0.363. The molecule has 4 rings (SSSR count). The second-order valence-electron chi connectivity index (χ2n) is 6.11. The largest absolute Gasteiger partial charge is 0.496 e. The summed E-state index contributed by atoms with van der Waals surface area (Å²) in [6, 6.07) is 24.5. The van der Waals surface area contributed by atoms with Crippen molar-refractivity contribution in [3.8, 4) is 22.6 Å². The van der Waals surface area contributed by atoms with Crippen molar-refractivity contribution in [3.05, 3.63) is 94.8 Å². The number of hydrogen-bond acceptors (Lipinski definition) is 4. The van der Waals surface area contributed by atoms with Gasteiger partial charge in [0.2, 0.25) is 0 Å². The first-order valence-corrected chi connectivity index (χ1v) is 8.62. The molecule has 0 unspecified atom stereocenters. The van der Waals surface area contributed by atoms with Crippen LogP contribution in [0.25, 0.3) is 22.1 Å². The number of fused-ring (bicyclic) bond motifs is 1. The van der Waals surface area contributed by atoms with Crippen molar-refractivity contribution < 1.29 is 13.9 Å². The van der Waals surface area contributed by atoms with Crippen molar-refractivity contribution in [2.75, 3.05) is 7.11 Å². The van der Waals surface area contributed by atoms with Gasteiger partial charge in [0.1, 0.15) is 23.7 Å². The SMILES string of the molecule is COc1ccccc1COc1ccc2cc(-c3ccccc3)c(=O)oc2c1. The van der Waals surface area contributed by atoms with Gasteiger partial charge in [0.15, 0.2) is 0 Å². The lowest BCUT2D eigenvalue weighted by Gasteiger charge is -2.10. The maximum Gasteiger partial charge on any atom is 0.344 e. The number of hydrogen-bond donors (Lipinski definition) is 0. The summed E-state index contributed by atoms with van der Waals surface area (Å²) in [4.78, 5) is 12.4. The molecule has 4 aromatic rings. The summed E-state index contributed by atoms with van der Waals surface area (Å²) in [5.74, 6) is 1.40. The monoisotopic (exact) mass is 358 g/mol. The highest BCUT2D eigenvalue weighted by molar-refractivity contribution is 5.82. The number of benzene rings is 3. The second-order valence-corrected chi connectivity index (χ2v) is 6.11. The van der Waals surface area contributed by atoms with Crippen molar-refractivity contribution in [3.63, 3.8) is 0 Å². The number of methoxy groups -OCH3 is 1. The van der Waals surface area contributed by atoms with E-state index in [9.17, 15) is 4.79 Å². The molecule has 0 aliphatic carbocycles. The molecular formula is C23H18O4. The Morgan fingerprint density at radius 2 is 1.67 bits per heavy atom. The zero-order chi connectivity index (χ0) is 18.6. The minimum absolute atomic E-state index is 0.363. The van der Waals surface area contributed by atoms with Crippen molar-refractivity contribution in [1.82, 2.24) is 0 Å². The lowest BCUT2D eigenvalue weighted by Crippen LogP contribution is -2.03. The van der Waals surface area contributed by atoms with Gasteiger partial charge in [-0.1, -0.05) is 48.5 Å². The average molecular weight is 358 g/mol. The molecule has 0 saturated carbocycles. The van der Waals surface area contributed by atoms with Crippen LogP contribution < -0.4 is 15.1 Å². The van der Waals surface area contributed by atoms with Gasteiger partial charge < -0.3 is 13.9 Å². The minimum Gasteiger partial charge on any atom is -0.496 e. The molecular weight excluding hydrogens is 340 g/mol. The molecule has 0 bridgehead atoms. The van der Waals surface area contributed by atoms with Gasteiger partial charge in [0.05, 0.1) is 12.7 Å². The third kappa shape index (κ3) is 3.55. The van der Waals surface area contributed by atoms with Crippen LogP contribution in [0.1, 0.15) is 5.56 Å². The van der Waals surface area contributed by atoms with Crippen LogP contribution in [0, 0.1) is 0 Å². The van der Waals surface area contributed by atoms with Crippen LogP contribution in [0.5, 0.6) is 11.5 Å². The molecule has 0 atom stereocenters. The van der Waals surface area contributed by atoms with Gasteiger partial charge in [0.25, 0.3) is 0 Å². The molecule has 0 N–H and O–H groups in total. The number of para-hydroxylation sites is 1. The van der Waals surface area contributed by atoms with E-state index in [0.29, 0.717) is 23.5 Å². The molecule has 0 aliphatic heterocycles. The minimum atomic E-state index is -0.365. The molecule has 0 spiro atoms. The van der Waals surface area contributed by atoms with Gasteiger partial charge in [-0.25, -0.2) is 4.79 Å². The molecule has 0 saturated heterocycles. The van der Waals surface area contributed by atoms with E-state index in [4.69, 9.17) is 13.9 Å². The van der Waals surface area contributed by atoms with Gasteiger partial charge in [0, 0.05) is 17.0 Å². The Morgan fingerprint density at radius 3 is 2.48 bits per heavy atom. The van der Waals surface area contributed by atoms with E-state index in [1.807, 2.05) is 72.8 Å². The van der Waals surface area contributed by atoms with E-state index in [1.54, 1.807) is 13.2 Å². The van der Waals surface area contributed by atoms with Crippen LogP contribution >= 0.6 is 0 Å². The van der Waals surface area contributed by atoms with Gasteiger partial charge in [-0.3, -0.25) is 0 Å². The molecule has 3 aromatic carbocycles. The first-order valence-electron chi connectivity index (χ1n) is 8.62. The molecule has 1 heterocycles. The predicted molar refractivity (Wildman–Crippen MR) is 105 cm³/mol. The molecule has 0 amide bonds. The maximum absolute atomic E-state index is 12.4. The third-order valence-corrected chi connectivity index (χ3v) is 4.38. The molecule has 4 heteroatoms. The van der Waals surface area contributed by atoms with Crippen LogP contribution in [0.3, 0.4) is 0 Å². The summed E-state index contributed by atoms with van der Waals surface area (Å²) < 4.78 is 16.7. The van der Waals surface area contributed by atoms with Crippen LogP contribution in [0.4, 0.5) is 0 Å². The Balaban J connectivity index is 1.62. The van der Waals surface area contributed by atoms with Gasteiger partial charge in [-0.15, -0.1) is 0 Å². The predicted octanol–water partition coefficient (Wildman–Crippen LogP) is 5.05. The normalized spacial score (nSPS) is 10.7. The Morgan fingerprint density at radius 1 is 0.889 bits per heavy atom. The van der Waals surface area contributed by atoms with E-state index in [0.717, 1.165) is 22.3 Å². The smallest absolute Gasteiger partial charge is 0.344 e. The summed E-state index contributed by atoms with van der Waals surface area (Å²) in [5, 5.41) is 0.845. The number of rotatable bonds is 5. The fraction of sp³-hybridized carbons (Fsp3) is 0.0870. The summed E-state index contributed by atoms with van der Waals surface area (Å²) >= 11 is 0. The van der Waals surface area contributed by atoms with Crippen LogP contribution in [0.2, 0.25) is 0 Å². The molecule has 134 valence electrons. The van der Waals surface area contributed by atoms with Crippen LogP contribution in [-0.4, -0.2) is 7.11 Å². The van der Waals surface area contributed by atoms with E-state index in [2.05, 4.69) is 0 Å². The molecule has 1 aromatic heterocycles.